The Morgan fingerprint density at radius 1 is 1.35 bits per heavy atom. The molecule has 0 atom stereocenters. The van der Waals surface area contributed by atoms with Gasteiger partial charge in [-0.05, 0) is 49.3 Å². The summed E-state index contributed by atoms with van der Waals surface area (Å²) in [7, 11) is 0. The van der Waals surface area contributed by atoms with Crippen LogP contribution in [0.1, 0.15) is 37.2 Å². The first-order chi connectivity index (χ1) is 9.63. The Hall–Kier alpha value is -1.75. The van der Waals surface area contributed by atoms with Crippen LogP contribution in [-0.4, -0.2) is 22.4 Å². The molecule has 6 heteroatoms. The topological polar surface area (TPSA) is 81.0 Å². The van der Waals surface area contributed by atoms with Crippen molar-refractivity contribution in [1.29, 1.82) is 0 Å². The van der Waals surface area contributed by atoms with Crippen molar-refractivity contribution in [3.05, 3.63) is 28.9 Å². The minimum absolute atomic E-state index is 0.0530. The first-order valence-corrected chi connectivity index (χ1v) is 7.10. The maximum absolute atomic E-state index is 10.8. The standard InChI is InChI=1S/C14H16ClN3O2/c15-9-5-11(12-7-17-18-13(12)6-9)8-1-3-10(4-2-8)20-14(16)19/h5-8,10H,1-4H2,(H2,16,19)(H,17,18). The van der Waals surface area contributed by atoms with Crippen LogP contribution in [0, 0.1) is 0 Å². The van der Waals surface area contributed by atoms with E-state index >= 15 is 0 Å². The van der Waals surface area contributed by atoms with Crippen LogP contribution in [0.3, 0.4) is 0 Å². The summed E-state index contributed by atoms with van der Waals surface area (Å²) in [4.78, 5) is 10.8. The molecule has 0 radical (unpaired) electrons. The SMILES string of the molecule is NC(=O)OC1CCC(c2cc(Cl)cc3[nH]ncc23)CC1. The van der Waals surface area contributed by atoms with Gasteiger partial charge in [0.2, 0.25) is 0 Å². The summed E-state index contributed by atoms with van der Waals surface area (Å²) in [6.45, 7) is 0. The molecule has 0 saturated heterocycles. The molecule has 0 unspecified atom stereocenters. The number of nitrogens with two attached hydrogens (primary N) is 1. The van der Waals surface area contributed by atoms with Gasteiger partial charge in [0.25, 0.3) is 0 Å². The highest BCUT2D eigenvalue weighted by molar-refractivity contribution is 6.31. The number of hydrogen-bond donors (Lipinski definition) is 2. The van der Waals surface area contributed by atoms with Crippen LogP contribution in [0.2, 0.25) is 5.02 Å². The lowest BCUT2D eigenvalue weighted by atomic mass is 9.81. The third-order valence-corrected chi connectivity index (χ3v) is 4.17. The number of benzene rings is 1. The summed E-state index contributed by atoms with van der Waals surface area (Å²) in [6.07, 6.45) is 4.68. The predicted molar refractivity (Wildman–Crippen MR) is 76.8 cm³/mol. The Balaban J connectivity index is 1.79. The summed E-state index contributed by atoms with van der Waals surface area (Å²) >= 11 is 6.16. The maximum atomic E-state index is 10.8. The molecule has 1 aliphatic carbocycles. The molecule has 1 aliphatic rings. The van der Waals surface area contributed by atoms with E-state index in [0.717, 1.165) is 36.6 Å². The number of carbonyl (C=O) groups is 1. The number of ether oxygens (including phenoxy) is 1. The van der Waals surface area contributed by atoms with Crippen LogP contribution >= 0.6 is 11.6 Å². The van der Waals surface area contributed by atoms with Gasteiger partial charge in [-0.2, -0.15) is 5.10 Å². The summed E-state index contributed by atoms with van der Waals surface area (Å²) in [5.74, 6) is 0.418. The van der Waals surface area contributed by atoms with Gasteiger partial charge in [-0.1, -0.05) is 11.6 Å². The number of hydrogen-bond acceptors (Lipinski definition) is 3. The Morgan fingerprint density at radius 2 is 2.10 bits per heavy atom. The second-order valence-electron chi connectivity index (χ2n) is 5.24. The van der Waals surface area contributed by atoms with Gasteiger partial charge in [0.1, 0.15) is 6.10 Å². The zero-order valence-electron chi connectivity index (χ0n) is 10.9. The molecule has 1 saturated carbocycles. The normalized spacial score (nSPS) is 22.9. The van der Waals surface area contributed by atoms with Crippen LogP contribution in [0.25, 0.3) is 10.9 Å². The molecule has 0 spiro atoms. The molecule has 1 heterocycles. The summed E-state index contributed by atoms with van der Waals surface area (Å²) in [6, 6.07) is 3.90. The van der Waals surface area contributed by atoms with E-state index in [1.165, 1.54) is 5.56 Å². The van der Waals surface area contributed by atoms with Crippen LogP contribution in [0.15, 0.2) is 18.3 Å². The van der Waals surface area contributed by atoms with Gasteiger partial charge in [-0.15, -0.1) is 0 Å². The van der Waals surface area contributed by atoms with Crippen molar-refractivity contribution < 1.29 is 9.53 Å². The monoisotopic (exact) mass is 293 g/mol. The lowest BCUT2D eigenvalue weighted by Crippen LogP contribution is -2.26. The smallest absolute Gasteiger partial charge is 0.404 e. The third kappa shape index (κ3) is 2.58. The molecule has 5 nitrogen and oxygen atoms in total. The Kier molecular flexibility index (Phi) is 3.53. The second kappa shape index (κ2) is 5.32. The number of rotatable bonds is 2. The van der Waals surface area contributed by atoms with Crippen molar-refractivity contribution in [1.82, 2.24) is 10.2 Å². The van der Waals surface area contributed by atoms with Crippen molar-refractivity contribution in [2.24, 2.45) is 5.73 Å². The van der Waals surface area contributed by atoms with E-state index in [4.69, 9.17) is 22.1 Å². The van der Waals surface area contributed by atoms with E-state index < -0.39 is 6.09 Å². The van der Waals surface area contributed by atoms with E-state index in [-0.39, 0.29) is 6.10 Å². The zero-order valence-corrected chi connectivity index (χ0v) is 11.7. The number of primary amides is 1. The maximum Gasteiger partial charge on any atom is 0.404 e. The molecule has 106 valence electrons. The molecule has 0 bridgehead atoms. The van der Waals surface area contributed by atoms with Crippen LogP contribution in [0.4, 0.5) is 4.79 Å². The number of nitrogens with one attached hydrogen (secondary N) is 1. The van der Waals surface area contributed by atoms with Crippen molar-refractivity contribution in [2.45, 2.75) is 37.7 Å². The molecule has 1 amide bonds. The number of nitrogens with zero attached hydrogens (tertiary/aromatic N) is 1. The summed E-state index contributed by atoms with van der Waals surface area (Å²) in [5, 5.41) is 8.87. The number of fused-ring (bicyclic) bond motifs is 1. The largest absolute Gasteiger partial charge is 0.446 e. The molecular weight excluding hydrogens is 278 g/mol. The average Bonchev–Trinajstić information content (AvgIpc) is 2.86. The molecule has 1 aromatic carbocycles. The van der Waals surface area contributed by atoms with Gasteiger partial charge in [0.05, 0.1) is 11.7 Å². The van der Waals surface area contributed by atoms with Crippen LogP contribution in [0.5, 0.6) is 0 Å². The first kappa shape index (κ1) is 13.2. The fourth-order valence-electron chi connectivity index (χ4n) is 3.04. The molecule has 3 rings (SSSR count). The van der Waals surface area contributed by atoms with E-state index in [0.29, 0.717) is 10.9 Å². The summed E-state index contributed by atoms with van der Waals surface area (Å²) < 4.78 is 5.07. The quantitative estimate of drug-likeness (QED) is 0.891. The average molecular weight is 294 g/mol. The number of carbonyl (C=O) groups excluding carboxylic acids is 1. The number of H-pyrrole nitrogens is 1. The fraction of sp³-hybridized carbons (Fsp3) is 0.429. The zero-order chi connectivity index (χ0) is 14.1. The third-order valence-electron chi connectivity index (χ3n) is 3.95. The lowest BCUT2D eigenvalue weighted by molar-refractivity contribution is 0.0788. The highest BCUT2D eigenvalue weighted by Crippen LogP contribution is 2.38. The van der Waals surface area contributed by atoms with Crippen molar-refractivity contribution in [3.8, 4) is 0 Å². The first-order valence-electron chi connectivity index (χ1n) is 6.72. The molecule has 3 N–H and O–H groups in total. The summed E-state index contributed by atoms with van der Waals surface area (Å²) in [5.41, 5.74) is 7.24. The Morgan fingerprint density at radius 3 is 2.80 bits per heavy atom. The molecule has 0 aliphatic heterocycles. The molecule has 1 aromatic heterocycles. The highest BCUT2D eigenvalue weighted by atomic mass is 35.5. The van der Waals surface area contributed by atoms with Gasteiger partial charge in [-0.25, -0.2) is 4.79 Å². The van der Waals surface area contributed by atoms with Gasteiger partial charge < -0.3 is 10.5 Å². The van der Waals surface area contributed by atoms with E-state index in [1.54, 1.807) is 0 Å². The molecular formula is C14H16ClN3O2. The Bertz CT molecular complexity index is 632. The fourth-order valence-corrected chi connectivity index (χ4v) is 3.26. The number of amides is 1. The number of halogens is 1. The Labute approximate surface area is 121 Å². The minimum atomic E-state index is -0.687. The van der Waals surface area contributed by atoms with E-state index in [2.05, 4.69) is 10.2 Å². The minimum Gasteiger partial charge on any atom is -0.446 e. The number of aromatic amines is 1. The lowest BCUT2D eigenvalue weighted by Gasteiger charge is -2.28. The van der Waals surface area contributed by atoms with Crippen molar-refractivity contribution in [2.75, 3.05) is 0 Å². The highest BCUT2D eigenvalue weighted by Gasteiger charge is 2.26. The molecule has 20 heavy (non-hydrogen) atoms. The van der Waals surface area contributed by atoms with Gasteiger partial charge in [-0.3, -0.25) is 5.10 Å². The van der Waals surface area contributed by atoms with E-state index in [9.17, 15) is 4.79 Å². The predicted octanol–water partition coefficient (Wildman–Crippen LogP) is 3.34. The second-order valence-corrected chi connectivity index (χ2v) is 5.67. The van der Waals surface area contributed by atoms with E-state index in [1.807, 2.05) is 18.3 Å². The molecule has 2 aromatic rings. The molecule has 1 fully saturated rings. The van der Waals surface area contributed by atoms with Crippen molar-refractivity contribution >= 4 is 28.6 Å². The van der Waals surface area contributed by atoms with Crippen LogP contribution in [-0.2, 0) is 4.74 Å². The van der Waals surface area contributed by atoms with Crippen molar-refractivity contribution in [3.63, 3.8) is 0 Å². The van der Waals surface area contributed by atoms with Gasteiger partial charge in [0, 0.05) is 10.4 Å². The van der Waals surface area contributed by atoms with Crippen LogP contribution < -0.4 is 5.73 Å². The van der Waals surface area contributed by atoms with Gasteiger partial charge in [0.15, 0.2) is 0 Å². The number of aromatic nitrogens is 2. The van der Waals surface area contributed by atoms with Gasteiger partial charge >= 0.3 is 6.09 Å².